The SMILES string of the molecule is CC(C)(C)OC(=O)N(Br)Cc1cc(C(O[SiH3])(O[SiH3])OC(C)(C)C)ccc1N=C(c1ccccc1)c1ccccc1. The van der Waals surface area contributed by atoms with E-state index in [9.17, 15) is 4.79 Å². The van der Waals surface area contributed by atoms with E-state index in [1.165, 1.54) is 3.93 Å². The molecule has 0 fully saturated rings. The highest BCUT2D eigenvalue weighted by Gasteiger charge is 2.38. The van der Waals surface area contributed by atoms with Crippen molar-refractivity contribution in [1.82, 2.24) is 3.93 Å². The quantitative estimate of drug-likeness (QED) is 0.135. The maximum absolute atomic E-state index is 12.9. The van der Waals surface area contributed by atoms with E-state index in [1.807, 2.05) is 120 Å². The third-order valence-corrected chi connectivity index (χ3v) is 7.25. The van der Waals surface area contributed by atoms with E-state index in [2.05, 4.69) is 16.1 Å². The Balaban J connectivity index is 2.20. The predicted octanol–water partition coefficient (Wildman–Crippen LogP) is 5.42. The van der Waals surface area contributed by atoms with Gasteiger partial charge in [-0.15, -0.1) is 0 Å². The van der Waals surface area contributed by atoms with Gasteiger partial charge in [-0.2, -0.15) is 0 Å². The summed E-state index contributed by atoms with van der Waals surface area (Å²) < 4.78 is 25.2. The van der Waals surface area contributed by atoms with Gasteiger partial charge in [0.25, 0.3) is 5.97 Å². The van der Waals surface area contributed by atoms with Crippen molar-refractivity contribution in [3.05, 3.63) is 101 Å². The van der Waals surface area contributed by atoms with Gasteiger partial charge in [-0.05, 0) is 65.3 Å². The Morgan fingerprint density at radius 1 is 0.825 bits per heavy atom. The minimum absolute atomic E-state index is 0.173. The molecule has 0 aromatic heterocycles. The molecule has 0 saturated heterocycles. The van der Waals surface area contributed by atoms with Gasteiger partial charge in [0.2, 0.25) is 0 Å². The van der Waals surface area contributed by atoms with Gasteiger partial charge in [0, 0.05) is 16.7 Å². The summed E-state index contributed by atoms with van der Waals surface area (Å²) in [6, 6.07) is 25.8. The molecule has 10 heteroatoms. The number of nitrogens with zero attached hydrogens (tertiary/aromatic N) is 2. The van der Waals surface area contributed by atoms with Crippen molar-refractivity contribution in [3.8, 4) is 0 Å². The van der Waals surface area contributed by atoms with Crippen molar-refractivity contribution in [2.45, 2.75) is 65.3 Å². The van der Waals surface area contributed by atoms with Gasteiger partial charge in [0.1, 0.15) is 5.60 Å². The maximum Gasteiger partial charge on any atom is 0.420 e. The molecule has 0 saturated carbocycles. The van der Waals surface area contributed by atoms with E-state index >= 15 is 0 Å². The first-order valence-electron chi connectivity index (χ1n) is 13.1. The summed E-state index contributed by atoms with van der Waals surface area (Å²) in [7, 11) is 0.771. The van der Waals surface area contributed by atoms with Crippen molar-refractivity contribution in [2.75, 3.05) is 0 Å². The Morgan fingerprint density at radius 2 is 1.35 bits per heavy atom. The zero-order valence-corrected chi connectivity index (χ0v) is 30.1. The van der Waals surface area contributed by atoms with Crippen LogP contribution in [0.5, 0.6) is 0 Å². The zero-order chi connectivity index (χ0) is 29.6. The number of hydrogen-bond donors (Lipinski definition) is 0. The lowest BCUT2D eigenvalue weighted by Crippen LogP contribution is -2.41. The molecular formula is C30H39BrN2O5Si2. The third-order valence-electron chi connectivity index (χ3n) is 5.64. The molecule has 7 nitrogen and oxygen atoms in total. The Bertz CT molecular complexity index is 1260. The minimum Gasteiger partial charge on any atom is -0.443 e. The van der Waals surface area contributed by atoms with E-state index in [0.717, 1.165) is 22.4 Å². The van der Waals surface area contributed by atoms with Crippen molar-refractivity contribution in [2.24, 2.45) is 4.99 Å². The monoisotopic (exact) mass is 642 g/mol. The van der Waals surface area contributed by atoms with Crippen molar-refractivity contribution in [1.29, 1.82) is 0 Å². The van der Waals surface area contributed by atoms with Gasteiger partial charge < -0.3 is 18.3 Å². The van der Waals surface area contributed by atoms with Gasteiger partial charge >= 0.3 is 6.09 Å². The minimum atomic E-state index is -1.35. The average molecular weight is 644 g/mol. The van der Waals surface area contributed by atoms with Gasteiger partial charge in [-0.3, -0.25) is 0 Å². The van der Waals surface area contributed by atoms with E-state index in [1.54, 1.807) is 0 Å². The van der Waals surface area contributed by atoms with Crippen LogP contribution in [-0.4, -0.2) is 47.9 Å². The molecule has 3 aromatic carbocycles. The highest BCUT2D eigenvalue weighted by molar-refractivity contribution is 9.07. The number of aliphatic imine (C=N–C) groups is 1. The largest absolute Gasteiger partial charge is 0.443 e. The summed E-state index contributed by atoms with van der Waals surface area (Å²) in [6.45, 7) is 11.5. The predicted molar refractivity (Wildman–Crippen MR) is 170 cm³/mol. The Morgan fingerprint density at radius 3 is 1.80 bits per heavy atom. The standard InChI is InChI=1S/C30H39BrN2O5Si2/c1-28(2,3)35-27(34)33(31)20-23-19-24(30(37-39,38-40)36-29(4,5)6)17-18-25(23)32-26(21-13-9-7-10-14-21)22-15-11-8-12-16-22/h7-19H,20H2,1-6,39-40H3. The number of carbonyl (C=O) groups is 1. The first-order valence-corrected chi connectivity index (χ1v) is 15.4. The summed E-state index contributed by atoms with van der Waals surface area (Å²) >= 11 is 3.41. The number of carbonyl (C=O) groups excluding carboxylic acids is 1. The molecule has 0 aliphatic heterocycles. The molecule has 0 bridgehead atoms. The molecule has 0 spiro atoms. The Hall–Kier alpha value is -2.61. The second kappa shape index (κ2) is 13.4. The lowest BCUT2D eigenvalue weighted by Gasteiger charge is -2.38. The molecule has 0 heterocycles. The van der Waals surface area contributed by atoms with Crippen molar-refractivity contribution in [3.63, 3.8) is 0 Å². The topological polar surface area (TPSA) is 69.6 Å². The van der Waals surface area contributed by atoms with Crippen LogP contribution in [0.1, 0.15) is 63.8 Å². The highest BCUT2D eigenvalue weighted by atomic mass is 79.9. The zero-order valence-electron chi connectivity index (χ0n) is 24.5. The molecule has 0 radical (unpaired) electrons. The van der Waals surface area contributed by atoms with Crippen LogP contribution in [0, 0.1) is 0 Å². The van der Waals surface area contributed by atoms with E-state index < -0.39 is 23.3 Å². The molecule has 0 unspecified atom stereocenters. The van der Waals surface area contributed by atoms with Gasteiger partial charge in [0.15, 0.2) is 21.0 Å². The smallest absolute Gasteiger partial charge is 0.420 e. The van der Waals surface area contributed by atoms with Crippen LogP contribution in [-0.2, 0) is 30.8 Å². The molecule has 0 N–H and O–H groups in total. The lowest BCUT2D eigenvalue weighted by atomic mass is 10.0. The summed E-state index contributed by atoms with van der Waals surface area (Å²) in [4.78, 5) is 18.0. The molecule has 0 atom stereocenters. The van der Waals surface area contributed by atoms with Crippen LogP contribution in [0.3, 0.4) is 0 Å². The van der Waals surface area contributed by atoms with E-state index in [-0.39, 0.29) is 6.54 Å². The number of rotatable bonds is 9. The Labute approximate surface area is 252 Å². The molecule has 1 amide bonds. The van der Waals surface area contributed by atoms with Crippen molar-refractivity contribution >= 4 is 54.6 Å². The maximum atomic E-state index is 12.9. The van der Waals surface area contributed by atoms with Gasteiger partial charge in [-0.1, -0.05) is 60.7 Å². The highest BCUT2D eigenvalue weighted by Crippen LogP contribution is 2.36. The number of amides is 1. The average Bonchev–Trinajstić information content (AvgIpc) is 2.90. The molecule has 3 rings (SSSR count). The number of halogens is 1. The fraction of sp³-hybridized carbons (Fsp3) is 0.333. The Kier molecular flexibility index (Phi) is 10.7. The summed E-state index contributed by atoms with van der Waals surface area (Å²) in [5.41, 5.74) is 3.71. The molecule has 214 valence electrons. The first-order chi connectivity index (χ1) is 18.8. The fourth-order valence-corrected chi connectivity index (χ4v) is 5.66. The second-order valence-corrected chi connectivity index (χ2v) is 12.9. The summed E-state index contributed by atoms with van der Waals surface area (Å²) in [5.74, 6) is -1.35. The molecule has 40 heavy (non-hydrogen) atoms. The van der Waals surface area contributed by atoms with Crippen LogP contribution < -0.4 is 0 Å². The molecular weight excluding hydrogens is 604 g/mol. The van der Waals surface area contributed by atoms with Gasteiger partial charge in [-0.25, -0.2) is 13.7 Å². The van der Waals surface area contributed by atoms with Gasteiger partial charge in [0.05, 0.1) is 39.7 Å². The van der Waals surface area contributed by atoms with Crippen LogP contribution in [0.15, 0.2) is 83.9 Å². The number of ether oxygens (including phenoxy) is 2. The van der Waals surface area contributed by atoms with E-state index in [4.69, 9.17) is 23.3 Å². The normalized spacial score (nSPS) is 13.5. The first kappa shape index (κ1) is 31.9. The van der Waals surface area contributed by atoms with E-state index in [0.29, 0.717) is 32.2 Å². The van der Waals surface area contributed by atoms with Crippen molar-refractivity contribution < 1.29 is 23.1 Å². The fourth-order valence-electron chi connectivity index (χ4n) is 4.01. The molecule has 3 aromatic rings. The molecule has 0 aliphatic carbocycles. The second-order valence-electron chi connectivity index (χ2n) is 11.2. The number of benzene rings is 3. The third kappa shape index (κ3) is 8.69. The summed E-state index contributed by atoms with van der Waals surface area (Å²) in [5, 5.41) is 0. The van der Waals surface area contributed by atoms with Crippen LogP contribution in [0.2, 0.25) is 0 Å². The molecule has 0 aliphatic rings. The summed E-state index contributed by atoms with van der Waals surface area (Å²) in [6.07, 6.45) is -0.505. The number of hydrogen-bond acceptors (Lipinski definition) is 6. The lowest BCUT2D eigenvalue weighted by molar-refractivity contribution is -0.347. The van der Waals surface area contributed by atoms with Crippen LogP contribution in [0.4, 0.5) is 10.5 Å². The van der Waals surface area contributed by atoms with Crippen LogP contribution >= 0.6 is 16.1 Å². The van der Waals surface area contributed by atoms with Crippen LogP contribution in [0.25, 0.3) is 0 Å².